The van der Waals surface area contributed by atoms with E-state index in [0.29, 0.717) is 89.1 Å². The summed E-state index contributed by atoms with van der Waals surface area (Å²) in [7, 11) is 0. The summed E-state index contributed by atoms with van der Waals surface area (Å²) in [6, 6.07) is 9.79. The quantitative estimate of drug-likeness (QED) is 0.113. The van der Waals surface area contributed by atoms with Gasteiger partial charge in [0.15, 0.2) is 12.4 Å². The predicted octanol–water partition coefficient (Wildman–Crippen LogP) is 5.80. The van der Waals surface area contributed by atoms with E-state index in [1.807, 2.05) is 33.4 Å². The number of nitrogens with one attached hydrogen (secondary N) is 2. The lowest BCUT2D eigenvalue weighted by molar-refractivity contribution is -0.161. The number of aromatic nitrogens is 1. The molecule has 0 bridgehead atoms. The first-order valence-electron chi connectivity index (χ1n) is 20.9. The molecule has 58 heavy (non-hydrogen) atoms. The van der Waals surface area contributed by atoms with Crippen LogP contribution < -0.4 is 15.4 Å². The van der Waals surface area contributed by atoms with Crippen molar-refractivity contribution < 1.29 is 33.7 Å². The fraction of sp³-hybridized carbons (Fsp3) is 0.581. The summed E-state index contributed by atoms with van der Waals surface area (Å²) in [5.41, 5.74) is 3.53. The highest BCUT2D eigenvalue weighted by atomic mass is 35.5. The summed E-state index contributed by atoms with van der Waals surface area (Å²) in [6.45, 7) is 8.13. The highest BCUT2D eigenvalue weighted by Gasteiger charge is 2.41. The molecular formula is C43H57ClN6O7S. The second kappa shape index (κ2) is 20.0. The van der Waals surface area contributed by atoms with Crippen LogP contribution in [-0.2, 0) is 44.9 Å². The molecule has 2 saturated heterocycles. The van der Waals surface area contributed by atoms with Gasteiger partial charge in [-0.05, 0) is 80.7 Å². The third kappa shape index (κ3) is 10.5. The van der Waals surface area contributed by atoms with Crippen molar-refractivity contribution in [1.82, 2.24) is 25.0 Å². The van der Waals surface area contributed by atoms with E-state index in [9.17, 15) is 19.5 Å². The molecule has 4 aliphatic rings. The predicted molar refractivity (Wildman–Crippen MR) is 224 cm³/mol. The highest BCUT2D eigenvalue weighted by Crippen LogP contribution is 2.39. The summed E-state index contributed by atoms with van der Waals surface area (Å²) >= 11 is 8.50. The van der Waals surface area contributed by atoms with Crippen molar-refractivity contribution in [1.29, 1.82) is 0 Å². The molecule has 3 fully saturated rings. The number of thiazole rings is 1. The van der Waals surface area contributed by atoms with Gasteiger partial charge in [-0.25, -0.2) is 4.98 Å². The van der Waals surface area contributed by atoms with Crippen LogP contribution in [0.3, 0.4) is 0 Å². The van der Waals surface area contributed by atoms with Crippen LogP contribution in [0.2, 0.25) is 5.02 Å². The van der Waals surface area contributed by atoms with Gasteiger partial charge in [0.25, 0.3) is 11.8 Å². The molecule has 1 aromatic heterocycles. The number of aryl methyl sites for hydroxylation is 1. The molecule has 3 aliphatic heterocycles. The normalized spacial score (nSPS) is 19.9. The number of rotatable bonds is 17. The average Bonchev–Trinajstić information content (AvgIpc) is 3.95. The van der Waals surface area contributed by atoms with Crippen LogP contribution in [0.25, 0.3) is 0 Å². The number of ether oxygens (including phenoxy) is 3. The summed E-state index contributed by atoms with van der Waals surface area (Å²) in [4.78, 5) is 49.2. The Kier molecular flexibility index (Phi) is 14.6. The lowest BCUT2D eigenvalue weighted by Crippen LogP contribution is -2.56. The number of phenols is 1. The van der Waals surface area contributed by atoms with Gasteiger partial charge in [-0.3, -0.25) is 19.3 Å². The van der Waals surface area contributed by atoms with Gasteiger partial charge in [-0.2, -0.15) is 0 Å². The Hall–Kier alpha value is -3.79. The number of fused-ring (bicyclic) bond motifs is 1. The van der Waals surface area contributed by atoms with E-state index in [1.165, 1.54) is 0 Å². The van der Waals surface area contributed by atoms with Crippen LogP contribution in [0.1, 0.15) is 90.5 Å². The van der Waals surface area contributed by atoms with Crippen LogP contribution in [0.5, 0.6) is 11.5 Å². The number of likely N-dealkylation sites (tertiary alicyclic amines) is 1. The Morgan fingerprint density at radius 2 is 1.93 bits per heavy atom. The second-order valence-electron chi connectivity index (χ2n) is 15.9. The molecule has 13 nitrogen and oxygen atoms in total. The van der Waals surface area contributed by atoms with Gasteiger partial charge < -0.3 is 39.8 Å². The van der Waals surface area contributed by atoms with Crippen molar-refractivity contribution >= 4 is 46.3 Å². The molecule has 1 unspecified atom stereocenters. The fourth-order valence-electron chi connectivity index (χ4n) is 8.64. The van der Waals surface area contributed by atoms with E-state index < -0.39 is 0 Å². The second-order valence-corrected chi connectivity index (χ2v) is 17.2. The van der Waals surface area contributed by atoms with Crippen molar-refractivity contribution in [3.63, 3.8) is 0 Å². The molecule has 1 saturated carbocycles. The van der Waals surface area contributed by atoms with E-state index in [1.54, 1.807) is 17.4 Å². The third-order valence-corrected chi connectivity index (χ3v) is 13.4. The largest absolute Gasteiger partial charge is 0.506 e. The minimum Gasteiger partial charge on any atom is -0.506 e. The molecule has 2 aromatic carbocycles. The molecule has 3 amide bonds. The molecule has 1 aliphatic carbocycles. The Bertz CT molecular complexity index is 1900. The molecule has 314 valence electrons. The summed E-state index contributed by atoms with van der Waals surface area (Å²) in [6.07, 6.45) is 9.54. The number of phenolic OH excluding ortho intramolecular Hbond substituents is 1. The van der Waals surface area contributed by atoms with E-state index in [-0.39, 0.29) is 41.7 Å². The molecule has 1 atom stereocenters. The molecular weight excluding hydrogens is 780 g/mol. The van der Waals surface area contributed by atoms with Crippen LogP contribution in [0, 0.1) is 0 Å². The van der Waals surface area contributed by atoms with Crippen LogP contribution in [0.15, 0.2) is 35.7 Å². The van der Waals surface area contributed by atoms with Crippen LogP contribution in [0.4, 0.5) is 5.69 Å². The van der Waals surface area contributed by atoms with E-state index >= 15 is 0 Å². The van der Waals surface area contributed by atoms with Gasteiger partial charge in [-0.1, -0.05) is 55.6 Å². The zero-order valence-corrected chi connectivity index (χ0v) is 35.1. The monoisotopic (exact) mass is 836 g/mol. The first-order chi connectivity index (χ1) is 28.2. The lowest BCUT2D eigenvalue weighted by atomic mass is 9.88. The zero-order valence-electron chi connectivity index (χ0n) is 33.6. The van der Waals surface area contributed by atoms with Gasteiger partial charge in [0.2, 0.25) is 5.91 Å². The van der Waals surface area contributed by atoms with Gasteiger partial charge in [0, 0.05) is 49.2 Å². The third-order valence-electron chi connectivity index (χ3n) is 11.9. The Morgan fingerprint density at radius 1 is 1.09 bits per heavy atom. The molecule has 3 N–H and O–H groups in total. The molecule has 0 radical (unpaired) electrons. The van der Waals surface area contributed by atoms with Crippen molar-refractivity contribution in [2.75, 3.05) is 71.1 Å². The minimum atomic E-state index is -0.321. The molecule has 15 heteroatoms. The number of hydrogen-bond donors (Lipinski definition) is 3. The number of benzene rings is 2. The fourth-order valence-corrected chi connectivity index (χ4v) is 9.64. The molecule has 3 aromatic rings. The number of halogens is 1. The number of nitrogens with zero attached hydrogens (tertiary/aromatic N) is 4. The van der Waals surface area contributed by atoms with Crippen molar-refractivity contribution in [3.8, 4) is 11.5 Å². The van der Waals surface area contributed by atoms with Crippen LogP contribution >= 0.6 is 22.9 Å². The summed E-state index contributed by atoms with van der Waals surface area (Å²) in [5.74, 6) is 0.341. The lowest BCUT2D eigenvalue weighted by Gasteiger charge is -2.47. The maximum absolute atomic E-state index is 13.5. The molecule has 4 heterocycles. The number of carbonyl (C=O) groups is 3. The van der Waals surface area contributed by atoms with Gasteiger partial charge in [0.1, 0.15) is 23.9 Å². The highest BCUT2D eigenvalue weighted by molar-refractivity contribution is 7.09. The maximum Gasteiger partial charge on any atom is 0.273 e. The molecule has 7 rings (SSSR count). The van der Waals surface area contributed by atoms with E-state index in [2.05, 4.69) is 33.5 Å². The van der Waals surface area contributed by atoms with Crippen LogP contribution in [-0.4, -0.2) is 120 Å². The minimum absolute atomic E-state index is 0.00409. The smallest absolute Gasteiger partial charge is 0.273 e. The SMILES string of the molecule is CCc1nc(C(=O)N2CCCC3(CCN(Cc4cccc(CCOCCC(=O)N(CCNCCc5ccc(O)c6c5OCC(=O)N6)C5CCCC5)c4Cl)CO3)C2)cs1. The summed E-state index contributed by atoms with van der Waals surface area (Å²) < 4.78 is 18.1. The number of anilines is 1. The number of carbonyl (C=O) groups excluding carboxylic acids is 3. The first kappa shape index (κ1) is 42.3. The first-order valence-corrected chi connectivity index (χ1v) is 22.2. The Balaban J connectivity index is 0.819. The maximum atomic E-state index is 13.5. The van der Waals surface area contributed by atoms with Crippen molar-refractivity contribution in [2.45, 2.75) is 95.7 Å². The standard InChI is InChI=1S/C43H57ClN6O7S/c1-2-37-46-34(27-58-37)42(54)49-20-6-16-43(28-49)17-21-48(29-57-43)25-32-8-5-7-30(39(32)44)14-23-55-24-15-38(53)50(33-9-3-4-10-33)22-19-45-18-13-31-11-12-35(51)40-41(31)56-26-36(52)47-40/h5,7-8,11-12,27,33,45,51H,2-4,6,9-10,13-26,28-29H2,1H3,(H,47,52). The average molecular weight is 837 g/mol. The number of aromatic hydroxyl groups is 1. The molecule has 1 spiro atoms. The Labute approximate surface area is 350 Å². The van der Waals surface area contributed by atoms with Crippen molar-refractivity contribution in [3.05, 3.63) is 68.1 Å². The number of hydrogen-bond acceptors (Lipinski definition) is 11. The van der Waals surface area contributed by atoms with Gasteiger partial charge in [0.05, 0.1) is 36.8 Å². The zero-order chi connectivity index (χ0) is 40.5. The number of piperidine rings is 1. The number of amides is 3. The van der Waals surface area contributed by atoms with Gasteiger partial charge >= 0.3 is 0 Å². The van der Waals surface area contributed by atoms with Crippen molar-refractivity contribution in [2.24, 2.45) is 0 Å². The Morgan fingerprint density at radius 3 is 2.72 bits per heavy atom. The topological polar surface area (TPSA) is 146 Å². The summed E-state index contributed by atoms with van der Waals surface area (Å²) in [5, 5.41) is 19.9. The van der Waals surface area contributed by atoms with E-state index in [0.717, 1.165) is 91.2 Å². The van der Waals surface area contributed by atoms with E-state index in [4.69, 9.17) is 25.8 Å². The van der Waals surface area contributed by atoms with Gasteiger partial charge in [-0.15, -0.1) is 11.3 Å².